The molecule has 4 heterocycles. The number of hydrogen-bond acceptors (Lipinski definition) is 9. The number of nitrogens with zero attached hydrogens (tertiary/aromatic N) is 5. The van der Waals surface area contributed by atoms with Crippen molar-refractivity contribution in [1.82, 2.24) is 25.4 Å². The average molecular weight is 460 g/mol. The molecule has 0 radical (unpaired) electrons. The topological polar surface area (TPSA) is 143 Å². The second-order valence-electron chi connectivity index (χ2n) is 8.51. The van der Waals surface area contributed by atoms with Gasteiger partial charge >= 0.3 is 0 Å². The number of aromatic nitrogens is 3. The molecule has 10 heteroatoms. The number of amides is 1. The molecule has 4 rings (SSSR count). The summed E-state index contributed by atoms with van der Waals surface area (Å²) in [5.74, 6) is 1.54. The zero-order valence-corrected chi connectivity index (χ0v) is 19.2. The lowest BCUT2D eigenvalue weighted by Gasteiger charge is -2.39. The van der Waals surface area contributed by atoms with E-state index < -0.39 is 0 Å². The number of piperidine rings is 1. The summed E-state index contributed by atoms with van der Waals surface area (Å²) in [7, 11) is 1.55. The van der Waals surface area contributed by atoms with E-state index in [9.17, 15) is 4.79 Å². The van der Waals surface area contributed by atoms with E-state index in [1.165, 1.54) is 19.1 Å². The minimum Gasteiger partial charge on any atom is -0.367 e. The van der Waals surface area contributed by atoms with E-state index in [2.05, 4.69) is 37.1 Å². The number of pyridine rings is 1. The average Bonchev–Trinajstić information content (AvgIpc) is 3.09. The second kappa shape index (κ2) is 10.9. The Hall–Kier alpha value is -3.84. The molecule has 176 valence electrons. The van der Waals surface area contributed by atoms with E-state index in [4.69, 9.17) is 15.7 Å². The summed E-state index contributed by atoms with van der Waals surface area (Å²) < 4.78 is 0. The Bertz CT molecular complexity index is 1080. The Morgan fingerprint density at radius 2 is 1.97 bits per heavy atom. The van der Waals surface area contributed by atoms with Crippen LogP contribution in [0.3, 0.4) is 0 Å². The lowest BCUT2D eigenvalue weighted by atomic mass is 9.97. The number of carbonyl (C=O) groups excluding carboxylic acids is 1. The van der Waals surface area contributed by atoms with Crippen molar-refractivity contribution in [2.45, 2.75) is 50.2 Å². The number of anilines is 3. The standard InChI is InChI=1S/C24H29N9O/c1-27-24(34)20-8-10-22(32-31-20)29-21-9-5-16(4-2-11-25)23(30-21)28-17-14-18-6-7-19(15-17)33(18)13-3-12-26/h2,4-5,8-11,17-19,25H,3,6-7,13-15H2,1H3,(H,27,34)(H2,28,29,30,32)/b4-2-,25-11?. The van der Waals surface area contributed by atoms with Gasteiger partial charge in [0.25, 0.3) is 5.91 Å². The quantitative estimate of drug-likeness (QED) is 0.419. The van der Waals surface area contributed by atoms with Crippen LogP contribution in [0, 0.1) is 16.7 Å². The van der Waals surface area contributed by atoms with Crippen molar-refractivity contribution in [2.75, 3.05) is 24.2 Å². The van der Waals surface area contributed by atoms with Crippen LogP contribution in [0.2, 0.25) is 0 Å². The van der Waals surface area contributed by atoms with E-state index >= 15 is 0 Å². The summed E-state index contributed by atoms with van der Waals surface area (Å²) >= 11 is 0. The van der Waals surface area contributed by atoms with Gasteiger partial charge in [-0.05, 0) is 62.1 Å². The van der Waals surface area contributed by atoms with Gasteiger partial charge in [-0.3, -0.25) is 9.69 Å². The molecule has 2 aliphatic rings. The van der Waals surface area contributed by atoms with Crippen LogP contribution in [0.4, 0.5) is 17.5 Å². The van der Waals surface area contributed by atoms with Crippen LogP contribution in [0.15, 0.2) is 30.3 Å². The molecular formula is C24H29N9O. The number of fused-ring (bicyclic) bond motifs is 2. The molecule has 1 amide bonds. The minimum atomic E-state index is -0.293. The van der Waals surface area contributed by atoms with Gasteiger partial charge in [0.15, 0.2) is 11.5 Å². The summed E-state index contributed by atoms with van der Waals surface area (Å²) in [6, 6.07) is 10.6. The van der Waals surface area contributed by atoms with Crippen LogP contribution in [-0.2, 0) is 0 Å². The van der Waals surface area contributed by atoms with Gasteiger partial charge in [0.2, 0.25) is 0 Å². The van der Waals surface area contributed by atoms with Crippen LogP contribution >= 0.6 is 0 Å². The molecule has 0 aromatic carbocycles. The number of hydrogen-bond donors (Lipinski definition) is 4. The van der Waals surface area contributed by atoms with Crippen molar-refractivity contribution in [3.63, 3.8) is 0 Å². The molecule has 2 saturated heterocycles. The van der Waals surface area contributed by atoms with Gasteiger partial charge in [0.1, 0.15) is 11.6 Å². The number of allylic oxidation sites excluding steroid dienone is 1. The molecule has 0 spiro atoms. The van der Waals surface area contributed by atoms with Gasteiger partial charge in [0, 0.05) is 49.9 Å². The van der Waals surface area contributed by atoms with E-state index in [-0.39, 0.29) is 17.6 Å². The highest BCUT2D eigenvalue weighted by atomic mass is 16.1. The molecule has 2 atom stereocenters. The highest BCUT2D eigenvalue weighted by molar-refractivity contribution is 5.91. The van der Waals surface area contributed by atoms with Gasteiger partial charge < -0.3 is 21.4 Å². The molecule has 2 bridgehead atoms. The first-order chi connectivity index (χ1) is 16.6. The van der Waals surface area contributed by atoms with E-state index in [0.717, 1.165) is 30.8 Å². The maximum atomic E-state index is 11.7. The molecular weight excluding hydrogens is 430 g/mol. The predicted molar refractivity (Wildman–Crippen MR) is 131 cm³/mol. The molecule has 4 N–H and O–H groups in total. The van der Waals surface area contributed by atoms with Crippen LogP contribution in [0.1, 0.15) is 48.2 Å². The first-order valence-electron chi connectivity index (χ1n) is 11.5. The minimum absolute atomic E-state index is 0.242. The summed E-state index contributed by atoms with van der Waals surface area (Å²) in [5, 5.41) is 33.6. The highest BCUT2D eigenvalue weighted by Crippen LogP contribution is 2.37. The molecule has 34 heavy (non-hydrogen) atoms. The first-order valence-corrected chi connectivity index (χ1v) is 11.5. The van der Waals surface area contributed by atoms with Gasteiger partial charge in [-0.25, -0.2) is 4.98 Å². The van der Waals surface area contributed by atoms with E-state index in [0.29, 0.717) is 30.1 Å². The lowest BCUT2D eigenvalue weighted by Crippen LogP contribution is -2.47. The summed E-state index contributed by atoms with van der Waals surface area (Å²) in [5.41, 5.74) is 1.14. The predicted octanol–water partition coefficient (Wildman–Crippen LogP) is 2.96. The van der Waals surface area contributed by atoms with Crippen molar-refractivity contribution < 1.29 is 4.79 Å². The van der Waals surface area contributed by atoms with Crippen LogP contribution in [0.5, 0.6) is 0 Å². The van der Waals surface area contributed by atoms with Crippen molar-refractivity contribution in [2.24, 2.45) is 0 Å². The van der Waals surface area contributed by atoms with Crippen molar-refractivity contribution >= 4 is 35.7 Å². The van der Waals surface area contributed by atoms with Crippen molar-refractivity contribution in [3.05, 3.63) is 41.6 Å². The van der Waals surface area contributed by atoms with Crippen molar-refractivity contribution in [1.29, 1.82) is 10.7 Å². The Morgan fingerprint density at radius 1 is 1.21 bits per heavy atom. The zero-order valence-electron chi connectivity index (χ0n) is 19.2. The van der Waals surface area contributed by atoms with Gasteiger partial charge in [0.05, 0.1) is 6.07 Å². The van der Waals surface area contributed by atoms with E-state index in [1.54, 1.807) is 25.3 Å². The Morgan fingerprint density at radius 3 is 2.62 bits per heavy atom. The summed E-state index contributed by atoms with van der Waals surface area (Å²) in [6.07, 6.45) is 9.73. The molecule has 2 aliphatic heterocycles. The number of nitrogens with one attached hydrogen (secondary N) is 4. The fraction of sp³-hybridized carbons (Fsp3) is 0.417. The number of rotatable bonds is 9. The lowest BCUT2D eigenvalue weighted by molar-refractivity contribution is 0.0957. The monoisotopic (exact) mass is 459 g/mol. The molecule has 10 nitrogen and oxygen atoms in total. The number of carbonyl (C=O) groups is 1. The van der Waals surface area contributed by atoms with E-state index in [1.807, 2.05) is 18.2 Å². The molecule has 2 aromatic rings. The van der Waals surface area contributed by atoms with Gasteiger partial charge in [-0.15, -0.1) is 10.2 Å². The third-order valence-corrected chi connectivity index (χ3v) is 6.39. The summed E-state index contributed by atoms with van der Waals surface area (Å²) in [6.45, 7) is 0.850. The SMILES string of the molecule is CNC(=O)c1ccc(Nc2ccc(/C=C\C=N)c(NC3CC4CCC(C3)N4CCC#N)n2)nn1. The smallest absolute Gasteiger partial charge is 0.271 e. The maximum Gasteiger partial charge on any atom is 0.271 e. The maximum absolute atomic E-state index is 11.7. The van der Waals surface area contributed by atoms with Gasteiger partial charge in [-0.1, -0.05) is 0 Å². The third-order valence-electron chi connectivity index (χ3n) is 6.39. The highest BCUT2D eigenvalue weighted by Gasteiger charge is 2.40. The molecule has 0 aliphatic carbocycles. The molecule has 2 fully saturated rings. The Balaban J connectivity index is 1.49. The number of nitriles is 1. The Kier molecular flexibility index (Phi) is 7.44. The largest absolute Gasteiger partial charge is 0.367 e. The summed E-state index contributed by atoms with van der Waals surface area (Å²) in [4.78, 5) is 18.9. The fourth-order valence-electron chi connectivity index (χ4n) is 4.85. The van der Waals surface area contributed by atoms with Gasteiger partial charge in [-0.2, -0.15) is 5.26 Å². The van der Waals surface area contributed by atoms with Crippen molar-refractivity contribution in [3.8, 4) is 6.07 Å². The zero-order chi connectivity index (χ0) is 23.9. The Labute approximate surface area is 199 Å². The van der Waals surface area contributed by atoms with Crippen LogP contribution in [0.25, 0.3) is 6.08 Å². The molecule has 2 aromatic heterocycles. The molecule has 0 saturated carbocycles. The normalized spacial score (nSPS) is 21.7. The third kappa shape index (κ3) is 5.38. The molecule has 2 unspecified atom stereocenters. The first kappa shape index (κ1) is 23.3. The van der Waals surface area contributed by atoms with Crippen LogP contribution < -0.4 is 16.0 Å². The van der Waals surface area contributed by atoms with Crippen LogP contribution in [-0.4, -0.2) is 63.9 Å². The second-order valence-corrected chi connectivity index (χ2v) is 8.51. The fourth-order valence-corrected chi connectivity index (χ4v) is 4.85.